The van der Waals surface area contributed by atoms with Crippen molar-refractivity contribution >= 4 is 32.3 Å². The normalized spacial score (nSPS) is 13.1. The van der Waals surface area contributed by atoms with Crippen LogP contribution in [-0.2, 0) is 5.41 Å². The lowest BCUT2D eigenvalue weighted by molar-refractivity contribution is 0.663. The molecule has 0 saturated heterocycles. The highest BCUT2D eigenvalue weighted by molar-refractivity contribution is 6.22. The van der Waals surface area contributed by atoms with Gasteiger partial charge in [-0.1, -0.05) is 184 Å². The average molecular weight is 649 g/mol. The molecule has 0 heterocycles. The van der Waals surface area contributed by atoms with E-state index in [1.54, 1.807) is 0 Å². The van der Waals surface area contributed by atoms with Gasteiger partial charge in [-0.2, -0.15) is 0 Å². The first-order valence-electron chi connectivity index (χ1n) is 17.9. The standard InChI is InChI=1S/C51H36/c1-51(2)47-32-37-18-7-6-17-36(37)31-46(47)45-26-14-25-39(50(45)51)34-27-29-35(30-28-34)48-41-21-10-12-23-43(41)49(44-24-13-11-22-42(44)48)40-20-9-8-19-38(40)33-15-4-3-5-16-33/h3-32H,1-2H3. The lowest BCUT2D eigenvalue weighted by atomic mass is 9.78. The van der Waals surface area contributed by atoms with Gasteiger partial charge in [-0.3, -0.25) is 0 Å². The first kappa shape index (κ1) is 29.7. The molecule has 0 aliphatic heterocycles. The Morgan fingerprint density at radius 2 is 0.784 bits per heavy atom. The first-order valence-corrected chi connectivity index (χ1v) is 17.9. The Morgan fingerprint density at radius 1 is 0.314 bits per heavy atom. The van der Waals surface area contributed by atoms with E-state index in [1.165, 1.54) is 99.1 Å². The number of fused-ring (bicyclic) bond motifs is 6. The molecule has 0 bridgehead atoms. The molecule has 0 radical (unpaired) electrons. The number of hydrogen-bond acceptors (Lipinski definition) is 0. The van der Waals surface area contributed by atoms with Crippen LogP contribution in [0.4, 0.5) is 0 Å². The van der Waals surface area contributed by atoms with Crippen molar-refractivity contribution in [3.05, 3.63) is 193 Å². The van der Waals surface area contributed by atoms with Crippen LogP contribution < -0.4 is 0 Å². The number of benzene rings is 9. The van der Waals surface area contributed by atoms with Gasteiger partial charge in [-0.05, 0) is 111 Å². The monoisotopic (exact) mass is 648 g/mol. The Kier molecular flexibility index (Phi) is 6.63. The molecule has 9 aromatic carbocycles. The Hall–Kier alpha value is -6.24. The van der Waals surface area contributed by atoms with Crippen LogP contribution in [0.5, 0.6) is 0 Å². The molecule has 0 fully saturated rings. The van der Waals surface area contributed by atoms with Gasteiger partial charge in [0, 0.05) is 5.41 Å². The van der Waals surface area contributed by atoms with E-state index in [4.69, 9.17) is 0 Å². The second-order valence-electron chi connectivity index (χ2n) is 14.4. The zero-order valence-electron chi connectivity index (χ0n) is 28.8. The minimum atomic E-state index is -0.109. The van der Waals surface area contributed by atoms with Crippen molar-refractivity contribution in [3.63, 3.8) is 0 Å². The van der Waals surface area contributed by atoms with Crippen LogP contribution in [0.25, 0.3) is 88.0 Å². The zero-order chi connectivity index (χ0) is 34.1. The molecule has 1 aliphatic carbocycles. The zero-order valence-corrected chi connectivity index (χ0v) is 28.8. The number of hydrogen-bond donors (Lipinski definition) is 0. The molecule has 240 valence electrons. The predicted molar refractivity (Wildman–Crippen MR) is 218 cm³/mol. The summed E-state index contributed by atoms with van der Waals surface area (Å²) in [4.78, 5) is 0. The lowest BCUT2D eigenvalue weighted by Gasteiger charge is -2.25. The van der Waals surface area contributed by atoms with Crippen molar-refractivity contribution in [2.24, 2.45) is 0 Å². The average Bonchev–Trinajstić information content (AvgIpc) is 3.41. The second kappa shape index (κ2) is 11.4. The summed E-state index contributed by atoms with van der Waals surface area (Å²) in [5.74, 6) is 0. The molecule has 0 aromatic heterocycles. The van der Waals surface area contributed by atoms with Gasteiger partial charge in [0.1, 0.15) is 0 Å². The predicted octanol–water partition coefficient (Wildman–Crippen LogP) is 14.1. The minimum Gasteiger partial charge on any atom is -0.0622 e. The van der Waals surface area contributed by atoms with Crippen molar-refractivity contribution in [1.29, 1.82) is 0 Å². The summed E-state index contributed by atoms with van der Waals surface area (Å²) in [6.07, 6.45) is 0. The topological polar surface area (TPSA) is 0 Å². The van der Waals surface area contributed by atoms with Crippen molar-refractivity contribution in [3.8, 4) is 55.6 Å². The molecule has 0 spiro atoms. The molecular weight excluding hydrogens is 613 g/mol. The third kappa shape index (κ3) is 4.53. The molecule has 0 N–H and O–H groups in total. The summed E-state index contributed by atoms with van der Waals surface area (Å²) in [5, 5.41) is 7.68. The maximum absolute atomic E-state index is 2.41. The van der Waals surface area contributed by atoms with E-state index in [2.05, 4.69) is 196 Å². The molecule has 10 rings (SSSR count). The third-order valence-electron chi connectivity index (χ3n) is 11.2. The van der Waals surface area contributed by atoms with Crippen LogP contribution in [-0.4, -0.2) is 0 Å². The highest BCUT2D eigenvalue weighted by Crippen LogP contribution is 2.53. The van der Waals surface area contributed by atoms with E-state index in [0.717, 1.165) is 0 Å². The van der Waals surface area contributed by atoms with Gasteiger partial charge < -0.3 is 0 Å². The summed E-state index contributed by atoms with van der Waals surface area (Å²) >= 11 is 0. The van der Waals surface area contributed by atoms with Gasteiger partial charge in [0.05, 0.1) is 0 Å². The van der Waals surface area contributed by atoms with Gasteiger partial charge in [-0.25, -0.2) is 0 Å². The number of rotatable bonds is 4. The van der Waals surface area contributed by atoms with Crippen LogP contribution in [0, 0.1) is 0 Å². The minimum absolute atomic E-state index is 0.109. The Balaban J connectivity index is 1.14. The van der Waals surface area contributed by atoms with Crippen LogP contribution >= 0.6 is 0 Å². The summed E-state index contributed by atoms with van der Waals surface area (Å²) < 4.78 is 0. The van der Waals surface area contributed by atoms with Gasteiger partial charge >= 0.3 is 0 Å². The Labute approximate surface area is 299 Å². The van der Waals surface area contributed by atoms with Gasteiger partial charge in [0.15, 0.2) is 0 Å². The Bertz CT molecular complexity index is 2740. The molecule has 0 nitrogen and oxygen atoms in total. The molecule has 1 aliphatic rings. The molecular formula is C51H36. The highest BCUT2D eigenvalue weighted by atomic mass is 14.4. The van der Waals surface area contributed by atoms with E-state index in [9.17, 15) is 0 Å². The summed E-state index contributed by atoms with van der Waals surface area (Å²) in [6.45, 7) is 4.78. The molecule has 51 heavy (non-hydrogen) atoms. The highest BCUT2D eigenvalue weighted by Gasteiger charge is 2.37. The quantitative estimate of drug-likeness (QED) is 0.167. The van der Waals surface area contributed by atoms with Crippen molar-refractivity contribution < 1.29 is 0 Å². The SMILES string of the molecule is CC1(C)c2cc3ccccc3cc2-c2cccc(-c3ccc(-c4c5ccccc5c(-c5ccccc5-c5ccccc5)c5ccccc45)cc3)c21. The second-order valence-corrected chi connectivity index (χ2v) is 14.4. The fourth-order valence-corrected chi connectivity index (χ4v) is 8.92. The maximum Gasteiger partial charge on any atom is 0.0165 e. The van der Waals surface area contributed by atoms with E-state index in [0.29, 0.717) is 0 Å². The van der Waals surface area contributed by atoms with Crippen molar-refractivity contribution in [2.75, 3.05) is 0 Å². The molecule has 0 amide bonds. The van der Waals surface area contributed by atoms with Gasteiger partial charge in [-0.15, -0.1) is 0 Å². The van der Waals surface area contributed by atoms with Crippen molar-refractivity contribution in [1.82, 2.24) is 0 Å². The van der Waals surface area contributed by atoms with E-state index in [-0.39, 0.29) is 5.41 Å². The summed E-state index contributed by atoms with van der Waals surface area (Å²) in [5.41, 5.74) is 15.5. The van der Waals surface area contributed by atoms with E-state index >= 15 is 0 Å². The van der Waals surface area contributed by atoms with Crippen molar-refractivity contribution in [2.45, 2.75) is 19.3 Å². The molecule has 0 saturated carbocycles. The van der Waals surface area contributed by atoms with Crippen LogP contribution in [0.2, 0.25) is 0 Å². The largest absolute Gasteiger partial charge is 0.0622 e. The van der Waals surface area contributed by atoms with Crippen LogP contribution in [0.15, 0.2) is 182 Å². The van der Waals surface area contributed by atoms with Gasteiger partial charge in [0.2, 0.25) is 0 Å². The van der Waals surface area contributed by atoms with Crippen LogP contribution in [0.3, 0.4) is 0 Å². The van der Waals surface area contributed by atoms with Gasteiger partial charge in [0.25, 0.3) is 0 Å². The molecule has 0 unspecified atom stereocenters. The lowest BCUT2D eigenvalue weighted by Crippen LogP contribution is -2.16. The first-order chi connectivity index (χ1) is 25.1. The summed E-state index contributed by atoms with van der Waals surface area (Å²) in [6, 6.07) is 67.3. The van der Waals surface area contributed by atoms with E-state index < -0.39 is 0 Å². The fraction of sp³-hybridized carbons (Fsp3) is 0.0588. The Morgan fingerprint density at radius 3 is 1.45 bits per heavy atom. The fourth-order valence-electron chi connectivity index (χ4n) is 8.92. The van der Waals surface area contributed by atoms with Crippen LogP contribution in [0.1, 0.15) is 25.0 Å². The molecule has 9 aromatic rings. The maximum atomic E-state index is 2.41. The third-order valence-corrected chi connectivity index (χ3v) is 11.2. The van der Waals surface area contributed by atoms with E-state index in [1.807, 2.05) is 0 Å². The molecule has 0 heteroatoms. The molecule has 0 atom stereocenters. The smallest absolute Gasteiger partial charge is 0.0165 e. The summed E-state index contributed by atoms with van der Waals surface area (Å²) in [7, 11) is 0.